The van der Waals surface area contributed by atoms with E-state index in [2.05, 4.69) is 12.2 Å². The molecule has 0 aromatic rings. The van der Waals surface area contributed by atoms with Crippen LogP contribution in [-0.2, 0) is 4.74 Å². The van der Waals surface area contributed by atoms with Crippen molar-refractivity contribution < 1.29 is 4.74 Å². The van der Waals surface area contributed by atoms with Gasteiger partial charge in [-0.25, -0.2) is 0 Å². The molecule has 0 heterocycles. The minimum Gasteiger partial charge on any atom is -0.383 e. The van der Waals surface area contributed by atoms with Gasteiger partial charge in [-0.3, -0.25) is 0 Å². The highest BCUT2D eigenvalue weighted by Gasteiger charge is 2.47. The second-order valence-electron chi connectivity index (χ2n) is 5.00. The van der Waals surface area contributed by atoms with Gasteiger partial charge >= 0.3 is 0 Å². The van der Waals surface area contributed by atoms with E-state index in [0.717, 1.165) is 30.9 Å². The first-order valence-electron chi connectivity index (χ1n) is 6.07. The van der Waals surface area contributed by atoms with E-state index in [9.17, 15) is 0 Å². The van der Waals surface area contributed by atoms with Gasteiger partial charge in [0.15, 0.2) is 0 Å². The molecule has 0 bridgehead atoms. The average Bonchev–Trinajstić information content (AvgIpc) is 2.81. The molecule has 82 valence electrons. The zero-order chi connectivity index (χ0) is 9.97. The number of fused-ring (bicyclic) bond motifs is 1. The molecule has 0 aromatic heterocycles. The van der Waals surface area contributed by atoms with Crippen LogP contribution in [0.4, 0.5) is 0 Å². The van der Waals surface area contributed by atoms with E-state index in [-0.39, 0.29) is 0 Å². The number of hydrogen-bond acceptors (Lipinski definition) is 2. The topological polar surface area (TPSA) is 21.3 Å². The lowest BCUT2D eigenvalue weighted by Crippen LogP contribution is -2.39. The van der Waals surface area contributed by atoms with Crippen molar-refractivity contribution in [2.24, 2.45) is 17.8 Å². The van der Waals surface area contributed by atoms with Crippen LogP contribution < -0.4 is 5.32 Å². The van der Waals surface area contributed by atoms with Crippen LogP contribution in [0.5, 0.6) is 0 Å². The van der Waals surface area contributed by atoms with E-state index < -0.39 is 0 Å². The lowest BCUT2D eigenvalue weighted by atomic mass is 9.95. The van der Waals surface area contributed by atoms with Crippen LogP contribution in [0.2, 0.25) is 0 Å². The van der Waals surface area contributed by atoms with Crippen molar-refractivity contribution in [3.8, 4) is 0 Å². The van der Waals surface area contributed by atoms with E-state index in [4.69, 9.17) is 4.74 Å². The van der Waals surface area contributed by atoms with Crippen LogP contribution in [0.3, 0.4) is 0 Å². The third kappa shape index (κ3) is 2.29. The molecule has 1 N–H and O–H groups in total. The zero-order valence-corrected chi connectivity index (χ0v) is 9.46. The number of ether oxygens (including phenoxy) is 1. The maximum absolute atomic E-state index is 5.30. The fourth-order valence-corrected chi connectivity index (χ4v) is 2.96. The maximum atomic E-state index is 5.30. The third-order valence-electron chi connectivity index (χ3n) is 3.85. The van der Waals surface area contributed by atoms with Crippen molar-refractivity contribution >= 4 is 0 Å². The van der Waals surface area contributed by atoms with Gasteiger partial charge in [0.1, 0.15) is 0 Å². The molecule has 2 fully saturated rings. The van der Waals surface area contributed by atoms with Crippen molar-refractivity contribution in [3.05, 3.63) is 0 Å². The van der Waals surface area contributed by atoms with Gasteiger partial charge in [-0.2, -0.15) is 0 Å². The van der Waals surface area contributed by atoms with Crippen LogP contribution >= 0.6 is 0 Å². The van der Waals surface area contributed by atoms with Gasteiger partial charge in [-0.05, 0) is 50.0 Å². The van der Waals surface area contributed by atoms with Gasteiger partial charge in [-0.1, -0.05) is 6.92 Å². The second kappa shape index (κ2) is 4.63. The molecule has 3 atom stereocenters. The first-order chi connectivity index (χ1) is 6.85. The van der Waals surface area contributed by atoms with Gasteiger partial charge in [0.2, 0.25) is 0 Å². The Bertz CT molecular complexity index is 173. The molecule has 0 aliphatic heterocycles. The molecule has 0 aromatic carbocycles. The average molecular weight is 197 g/mol. The fourth-order valence-electron chi connectivity index (χ4n) is 2.96. The molecule has 2 rings (SSSR count). The van der Waals surface area contributed by atoms with Crippen molar-refractivity contribution in [2.75, 3.05) is 20.3 Å². The number of methoxy groups -OCH3 is 1. The van der Waals surface area contributed by atoms with Crippen molar-refractivity contribution in [1.82, 2.24) is 5.32 Å². The molecule has 2 aliphatic carbocycles. The first kappa shape index (κ1) is 10.4. The van der Waals surface area contributed by atoms with E-state index in [1.807, 2.05) is 7.11 Å². The summed E-state index contributed by atoms with van der Waals surface area (Å²) < 4.78 is 5.30. The number of nitrogens with one attached hydrogen (secondary N) is 1. The quantitative estimate of drug-likeness (QED) is 0.703. The Morgan fingerprint density at radius 1 is 1.29 bits per heavy atom. The van der Waals surface area contributed by atoms with Crippen molar-refractivity contribution in [2.45, 2.75) is 38.6 Å². The zero-order valence-electron chi connectivity index (χ0n) is 9.46. The Balaban J connectivity index is 1.76. The summed E-state index contributed by atoms with van der Waals surface area (Å²) in [4.78, 5) is 0. The Kier molecular flexibility index (Phi) is 3.45. The third-order valence-corrected chi connectivity index (χ3v) is 3.85. The molecule has 0 amide bonds. The lowest BCUT2D eigenvalue weighted by Gasteiger charge is -2.25. The molecule has 0 radical (unpaired) electrons. The lowest BCUT2D eigenvalue weighted by molar-refractivity contribution is 0.137. The van der Waals surface area contributed by atoms with Gasteiger partial charge in [0.05, 0.1) is 6.61 Å². The van der Waals surface area contributed by atoms with Crippen molar-refractivity contribution in [1.29, 1.82) is 0 Å². The summed E-state index contributed by atoms with van der Waals surface area (Å²) in [6.07, 6.45) is 5.65. The van der Waals surface area contributed by atoms with Crippen LogP contribution in [-0.4, -0.2) is 26.3 Å². The standard InChI is InChI=1S/C12H23NO/c1-3-4-13-12(8-14-2)11-6-9-5-10(9)7-11/h9-13H,3-8H2,1-2H3. The molecule has 2 heteroatoms. The van der Waals surface area contributed by atoms with Crippen LogP contribution in [0, 0.1) is 17.8 Å². The Hall–Kier alpha value is -0.0800. The smallest absolute Gasteiger partial charge is 0.0618 e. The highest BCUT2D eigenvalue weighted by atomic mass is 16.5. The summed E-state index contributed by atoms with van der Waals surface area (Å²) in [5, 5.41) is 3.63. The summed E-state index contributed by atoms with van der Waals surface area (Å²) in [5.74, 6) is 3.07. The minimum absolute atomic E-state index is 0.618. The second-order valence-corrected chi connectivity index (χ2v) is 5.00. The largest absolute Gasteiger partial charge is 0.383 e. The van der Waals surface area contributed by atoms with Gasteiger partial charge in [0.25, 0.3) is 0 Å². The molecule has 2 saturated carbocycles. The summed E-state index contributed by atoms with van der Waals surface area (Å²) in [6.45, 7) is 4.26. The van der Waals surface area contributed by atoms with E-state index in [1.54, 1.807) is 0 Å². The summed E-state index contributed by atoms with van der Waals surface area (Å²) in [6, 6.07) is 0.618. The Morgan fingerprint density at radius 3 is 2.57 bits per heavy atom. The first-order valence-corrected chi connectivity index (χ1v) is 6.07. The highest BCUT2D eigenvalue weighted by Crippen LogP contribution is 2.55. The predicted molar refractivity (Wildman–Crippen MR) is 58.3 cm³/mol. The molecular weight excluding hydrogens is 174 g/mol. The molecule has 2 aliphatic rings. The molecule has 2 nitrogen and oxygen atoms in total. The van der Waals surface area contributed by atoms with Gasteiger partial charge in [0, 0.05) is 13.2 Å². The molecular formula is C12H23NO. The predicted octanol–water partition coefficient (Wildman–Crippen LogP) is 2.05. The van der Waals surface area contributed by atoms with E-state index in [0.29, 0.717) is 6.04 Å². The SMILES string of the molecule is CCCNC(COC)C1CC2CC2C1. The van der Waals surface area contributed by atoms with Crippen LogP contribution in [0.25, 0.3) is 0 Å². The monoisotopic (exact) mass is 197 g/mol. The summed E-state index contributed by atoms with van der Waals surface area (Å²) in [5.41, 5.74) is 0. The van der Waals surface area contributed by atoms with Crippen LogP contribution in [0.1, 0.15) is 32.6 Å². The molecule has 0 spiro atoms. The normalized spacial score (nSPS) is 36.9. The summed E-state index contributed by atoms with van der Waals surface area (Å²) >= 11 is 0. The molecule has 14 heavy (non-hydrogen) atoms. The van der Waals surface area contributed by atoms with Gasteiger partial charge in [-0.15, -0.1) is 0 Å². The number of hydrogen-bond donors (Lipinski definition) is 1. The fraction of sp³-hybridized carbons (Fsp3) is 1.00. The van der Waals surface area contributed by atoms with Crippen LogP contribution in [0.15, 0.2) is 0 Å². The Morgan fingerprint density at radius 2 is 2.00 bits per heavy atom. The maximum Gasteiger partial charge on any atom is 0.0618 e. The van der Waals surface area contributed by atoms with E-state index in [1.165, 1.54) is 25.7 Å². The molecule has 3 unspecified atom stereocenters. The van der Waals surface area contributed by atoms with E-state index >= 15 is 0 Å². The van der Waals surface area contributed by atoms with Crippen molar-refractivity contribution in [3.63, 3.8) is 0 Å². The van der Waals surface area contributed by atoms with Gasteiger partial charge < -0.3 is 10.1 Å². The molecule has 0 saturated heterocycles. The highest BCUT2D eigenvalue weighted by molar-refractivity contribution is 4.99. The summed E-state index contributed by atoms with van der Waals surface area (Å²) in [7, 11) is 1.82. The number of rotatable bonds is 6. The minimum atomic E-state index is 0.618. The Labute approximate surface area is 87.4 Å².